The van der Waals surface area contributed by atoms with E-state index < -0.39 is 17.3 Å². The fourth-order valence-corrected chi connectivity index (χ4v) is 3.79. The lowest BCUT2D eigenvalue weighted by molar-refractivity contribution is -0.137. The second-order valence-electron chi connectivity index (χ2n) is 6.65. The van der Waals surface area contributed by atoms with Gasteiger partial charge < -0.3 is 15.3 Å². The van der Waals surface area contributed by atoms with Crippen LogP contribution in [0.25, 0.3) is 0 Å². The maximum atomic E-state index is 13.1. The number of hydrogen-bond donors (Lipinski definition) is 2. The topological polar surface area (TPSA) is 35.5 Å². The Hall–Kier alpha value is -1.54. The van der Waals surface area contributed by atoms with Crippen LogP contribution >= 0.6 is 35.4 Å². The number of rotatable bonds is 2. The first kappa shape index (κ1) is 21.2. The maximum Gasteiger partial charge on any atom is 0.417 e. The number of anilines is 1. The van der Waals surface area contributed by atoms with Crippen molar-refractivity contribution in [1.82, 2.24) is 4.90 Å². The van der Waals surface area contributed by atoms with Crippen LogP contribution in [0.1, 0.15) is 24.0 Å². The molecule has 1 fully saturated rings. The summed E-state index contributed by atoms with van der Waals surface area (Å²) < 4.78 is 39.3. The lowest BCUT2D eigenvalue weighted by Crippen LogP contribution is -2.46. The van der Waals surface area contributed by atoms with Crippen LogP contribution in [0.15, 0.2) is 42.5 Å². The number of piperidine rings is 1. The predicted octanol–water partition coefficient (Wildman–Crippen LogP) is 5.69. The SMILES string of the molecule is OC1(c2ccc(Cl)c(C(F)(F)F)c2)CCN(C(=S)Nc2ccc(Cl)cc2)CC1. The fraction of sp³-hybridized carbons (Fsp3) is 0.316. The van der Waals surface area contributed by atoms with Gasteiger partial charge in [0.05, 0.1) is 16.2 Å². The highest BCUT2D eigenvalue weighted by molar-refractivity contribution is 7.80. The summed E-state index contributed by atoms with van der Waals surface area (Å²) in [4.78, 5) is 1.87. The van der Waals surface area contributed by atoms with Gasteiger partial charge in [-0.15, -0.1) is 0 Å². The molecule has 3 rings (SSSR count). The Bertz CT molecular complexity index is 866. The van der Waals surface area contributed by atoms with Crippen LogP contribution in [0.4, 0.5) is 18.9 Å². The third-order valence-corrected chi connectivity index (χ3v) is 5.72. The van der Waals surface area contributed by atoms with Gasteiger partial charge in [0.2, 0.25) is 0 Å². The molecule has 0 aliphatic carbocycles. The monoisotopic (exact) mass is 448 g/mol. The van der Waals surface area contributed by atoms with Gasteiger partial charge in [0.1, 0.15) is 0 Å². The quantitative estimate of drug-likeness (QED) is 0.578. The highest BCUT2D eigenvalue weighted by Gasteiger charge is 2.38. The molecule has 0 spiro atoms. The Labute approximate surface area is 176 Å². The van der Waals surface area contributed by atoms with E-state index in [9.17, 15) is 18.3 Å². The average Bonchev–Trinajstić information content (AvgIpc) is 2.63. The third-order valence-electron chi connectivity index (χ3n) is 4.78. The van der Waals surface area contributed by atoms with Crippen molar-refractivity contribution in [2.45, 2.75) is 24.6 Å². The molecule has 1 aliphatic heterocycles. The molecule has 1 aliphatic rings. The molecule has 0 saturated carbocycles. The highest BCUT2D eigenvalue weighted by atomic mass is 35.5. The maximum absolute atomic E-state index is 13.1. The molecule has 1 saturated heterocycles. The zero-order valence-electron chi connectivity index (χ0n) is 14.6. The Morgan fingerprint density at radius 2 is 1.68 bits per heavy atom. The molecule has 0 amide bonds. The van der Waals surface area contributed by atoms with Crippen molar-refractivity contribution in [2.75, 3.05) is 18.4 Å². The molecule has 0 bridgehead atoms. The molecular formula is C19H17Cl2F3N2OS. The predicted molar refractivity (Wildman–Crippen MR) is 109 cm³/mol. The lowest BCUT2D eigenvalue weighted by Gasteiger charge is -2.39. The minimum atomic E-state index is -4.58. The van der Waals surface area contributed by atoms with Crippen molar-refractivity contribution in [3.8, 4) is 0 Å². The van der Waals surface area contributed by atoms with Crippen molar-refractivity contribution >= 4 is 46.2 Å². The summed E-state index contributed by atoms with van der Waals surface area (Å²) in [6.07, 6.45) is -4.09. The summed E-state index contributed by atoms with van der Waals surface area (Å²) in [5, 5.41) is 14.7. The molecule has 0 atom stereocenters. The molecule has 0 radical (unpaired) electrons. The molecule has 2 N–H and O–H groups in total. The van der Waals surface area contributed by atoms with E-state index in [1.165, 1.54) is 12.1 Å². The lowest BCUT2D eigenvalue weighted by atomic mass is 9.84. The van der Waals surface area contributed by atoms with E-state index in [0.29, 0.717) is 23.2 Å². The van der Waals surface area contributed by atoms with Gasteiger partial charge in [-0.25, -0.2) is 0 Å². The van der Waals surface area contributed by atoms with E-state index in [4.69, 9.17) is 35.4 Å². The normalized spacial score (nSPS) is 16.7. The molecule has 0 unspecified atom stereocenters. The molecule has 28 heavy (non-hydrogen) atoms. The van der Waals surface area contributed by atoms with Gasteiger partial charge in [0, 0.05) is 23.8 Å². The summed E-state index contributed by atoms with van der Waals surface area (Å²) in [7, 11) is 0. The Balaban J connectivity index is 1.68. The summed E-state index contributed by atoms with van der Waals surface area (Å²) in [5.74, 6) is 0. The van der Waals surface area contributed by atoms with E-state index in [-0.39, 0.29) is 23.4 Å². The largest absolute Gasteiger partial charge is 0.417 e. The first-order valence-electron chi connectivity index (χ1n) is 8.50. The zero-order chi connectivity index (χ0) is 20.5. The van der Waals surface area contributed by atoms with Crippen LogP contribution in [0, 0.1) is 0 Å². The Morgan fingerprint density at radius 1 is 1.07 bits per heavy atom. The van der Waals surface area contributed by atoms with Crippen molar-refractivity contribution in [1.29, 1.82) is 0 Å². The Morgan fingerprint density at radius 3 is 2.25 bits per heavy atom. The number of thiocarbonyl (C=S) groups is 1. The van der Waals surface area contributed by atoms with Crippen molar-refractivity contribution in [3.05, 3.63) is 63.6 Å². The van der Waals surface area contributed by atoms with Gasteiger partial charge in [-0.1, -0.05) is 29.3 Å². The second-order valence-corrected chi connectivity index (χ2v) is 7.88. The fourth-order valence-electron chi connectivity index (χ4n) is 3.14. The van der Waals surface area contributed by atoms with Crippen molar-refractivity contribution in [2.24, 2.45) is 0 Å². The number of benzene rings is 2. The van der Waals surface area contributed by atoms with Crippen LogP contribution in [0.5, 0.6) is 0 Å². The number of hydrogen-bond acceptors (Lipinski definition) is 2. The molecular weight excluding hydrogens is 432 g/mol. The third kappa shape index (κ3) is 4.71. The van der Waals surface area contributed by atoms with Gasteiger partial charge in [0.25, 0.3) is 0 Å². The van der Waals surface area contributed by atoms with Gasteiger partial charge >= 0.3 is 6.18 Å². The number of nitrogens with one attached hydrogen (secondary N) is 1. The molecule has 0 aromatic heterocycles. The minimum Gasteiger partial charge on any atom is -0.385 e. The number of aliphatic hydroxyl groups is 1. The van der Waals surface area contributed by atoms with E-state index in [0.717, 1.165) is 11.8 Å². The first-order valence-corrected chi connectivity index (χ1v) is 9.66. The summed E-state index contributed by atoms with van der Waals surface area (Å²) in [5.41, 5.74) is -1.32. The Kier molecular flexibility index (Phi) is 6.10. The summed E-state index contributed by atoms with van der Waals surface area (Å²) in [6.45, 7) is 0.805. The number of alkyl halides is 3. The minimum absolute atomic E-state index is 0.209. The number of nitrogens with zero attached hydrogens (tertiary/aromatic N) is 1. The van der Waals surface area contributed by atoms with Crippen LogP contribution in [0.2, 0.25) is 10.0 Å². The first-order chi connectivity index (χ1) is 13.1. The number of halogens is 5. The van der Waals surface area contributed by atoms with Crippen LogP contribution in [0.3, 0.4) is 0 Å². The summed E-state index contributed by atoms with van der Waals surface area (Å²) >= 11 is 16.9. The van der Waals surface area contributed by atoms with E-state index in [2.05, 4.69) is 5.32 Å². The molecule has 2 aromatic rings. The van der Waals surface area contributed by atoms with Gasteiger partial charge in [-0.2, -0.15) is 13.2 Å². The van der Waals surface area contributed by atoms with Crippen molar-refractivity contribution < 1.29 is 18.3 Å². The highest BCUT2D eigenvalue weighted by Crippen LogP contribution is 2.40. The van der Waals surface area contributed by atoms with E-state index in [1.54, 1.807) is 24.3 Å². The van der Waals surface area contributed by atoms with E-state index in [1.807, 2.05) is 4.90 Å². The standard InChI is InChI=1S/C19H17Cl2F3N2OS/c20-13-2-4-14(5-3-13)25-17(28)26-9-7-18(27,8-10-26)12-1-6-16(21)15(11-12)19(22,23)24/h1-6,11,27H,7-10H2,(H,25,28). The van der Waals surface area contributed by atoms with E-state index >= 15 is 0 Å². The second kappa shape index (κ2) is 8.06. The van der Waals surface area contributed by atoms with Crippen molar-refractivity contribution in [3.63, 3.8) is 0 Å². The molecule has 2 aromatic carbocycles. The number of likely N-dealkylation sites (tertiary alicyclic amines) is 1. The van der Waals surface area contributed by atoms with Crippen LogP contribution < -0.4 is 5.32 Å². The van der Waals surface area contributed by atoms with Gasteiger partial charge in [-0.3, -0.25) is 0 Å². The van der Waals surface area contributed by atoms with Gasteiger partial charge in [-0.05, 0) is 67.0 Å². The van der Waals surface area contributed by atoms with Crippen LogP contribution in [-0.4, -0.2) is 28.2 Å². The summed E-state index contributed by atoms with van der Waals surface area (Å²) in [6, 6.07) is 10.6. The van der Waals surface area contributed by atoms with Crippen LogP contribution in [-0.2, 0) is 11.8 Å². The molecule has 1 heterocycles. The van der Waals surface area contributed by atoms with Gasteiger partial charge in [0.15, 0.2) is 5.11 Å². The molecule has 3 nitrogen and oxygen atoms in total. The average molecular weight is 449 g/mol. The molecule has 150 valence electrons. The molecule has 9 heteroatoms. The smallest absolute Gasteiger partial charge is 0.385 e. The zero-order valence-corrected chi connectivity index (χ0v) is 16.9.